The van der Waals surface area contributed by atoms with Crippen molar-refractivity contribution in [2.24, 2.45) is 0 Å². The van der Waals surface area contributed by atoms with Gasteiger partial charge in [0.2, 0.25) is 5.91 Å². The molecule has 0 bridgehead atoms. The third-order valence-electron chi connectivity index (χ3n) is 12.6. The molecule has 7 atom stereocenters. The summed E-state index contributed by atoms with van der Waals surface area (Å²) < 4.78 is 11.3. The van der Waals surface area contributed by atoms with Crippen LogP contribution in [0.15, 0.2) is 24.3 Å². The predicted molar refractivity (Wildman–Crippen MR) is 253 cm³/mol. The molecule has 0 aliphatic carbocycles. The Kier molecular flexibility index (Phi) is 40.3. The second kappa shape index (κ2) is 42.6. The maximum Gasteiger partial charge on any atom is 0.220 e. The highest BCUT2D eigenvalue weighted by Crippen LogP contribution is 2.23. The number of aliphatic hydroxyl groups is 5. The number of ether oxygens (including phenoxy) is 2. The molecule has 0 spiro atoms. The van der Waals surface area contributed by atoms with Gasteiger partial charge in [-0.1, -0.05) is 218 Å². The number of unbranched alkanes of at least 4 members (excludes halogenated alkanes) is 30. The lowest BCUT2D eigenvalue weighted by Crippen LogP contribution is -2.60. The molecule has 1 fully saturated rings. The number of carbonyl (C=O) groups is 1. The lowest BCUT2D eigenvalue weighted by Gasteiger charge is -2.40. The van der Waals surface area contributed by atoms with Gasteiger partial charge in [-0.3, -0.25) is 4.79 Å². The van der Waals surface area contributed by atoms with E-state index in [1.165, 1.54) is 167 Å². The maximum absolute atomic E-state index is 13.0. The summed E-state index contributed by atoms with van der Waals surface area (Å²) in [5, 5.41) is 54.5. The minimum atomic E-state index is -1.55. The molecule has 1 aliphatic rings. The number of allylic oxidation sites excluding steroid dienone is 4. The Morgan fingerprint density at radius 3 is 1.44 bits per heavy atom. The van der Waals surface area contributed by atoms with Gasteiger partial charge in [0.1, 0.15) is 24.4 Å². The van der Waals surface area contributed by atoms with E-state index in [1.54, 1.807) is 0 Å². The van der Waals surface area contributed by atoms with Crippen molar-refractivity contribution in [1.82, 2.24) is 5.32 Å². The van der Waals surface area contributed by atoms with Gasteiger partial charge in [-0.15, -0.1) is 0 Å². The molecule has 1 aliphatic heterocycles. The molecule has 9 nitrogen and oxygen atoms in total. The van der Waals surface area contributed by atoms with Crippen LogP contribution in [0.4, 0.5) is 0 Å². The summed E-state index contributed by atoms with van der Waals surface area (Å²) in [5.74, 6) is -0.150. The van der Waals surface area contributed by atoms with E-state index in [9.17, 15) is 30.3 Å². The van der Waals surface area contributed by atoms with E-state index in [4.69, 9.17) is 9.47 Å². The van der Waals surface area contributed by atoms with Crippen molar-refractivity contribution in [2.75, 3.05) is 13.2 Å². The number of hydrogen-bond donors (Lipinski definition) is 6. The van der Waals surface area contributed by atoms with Crippen LogP contribution in [0.2, 0.25) is 0 Å². The summed E-state index contributed by atoms with van der Waals surface area (Å²) in [5.41, 5.74) is 0. The van der Waals surface area contributed by atoms with Crippen LogP contribution < -0.4 is 5.32 Å². The average molecular weight is 866 g/mol. The molecule has 0 aromatic rings. The SMILES string of the molecule is CCCCC/C=C\C/C=C\CCCCCCCCCC(=O)NC(COC1OC(CO)C(O)C(O)C1O)C(O)CCCCCCCCCCCCCCCCCCCCCCC. The van der Waals surface area contributed by atoms with Gasteiger partial charge in [0.25, 0.3) is 0 Å². The van der Waals surface area contributed by atoms with Crippen LogP contribution >= 0.6 is 0 Å². The maximum atomic E-state index is 13.0. The quantitative estimate of drug-likeness (QED) is 0.0262. The summed E-state index contributed by atoms with van der Waals surface area (Å²) in [4.78, 5) is 13.0. The van der Waals surface area contributed by atoms with E-state index in [0.29, 0.717) is 12.8 Å². The fourth-order valence-corrected chi connectivity index (χ4v) is 8.37. The topological polar surface area (TPSA) is 149 Å². The Bertz CT molecular complexity index is 1010. The highest BCUT2D eigenvalue weighted by molar-refractivity contribution is 5.76. The van der Waals surface area contributed by atoms with Crippen molar-refractivity contribution in [1.29, 1.82) is 0 Å². The lowest BCUT2D eigenvalue weighted by molar-refractivity contribution is -0.302. The van der Waals surface area contributed by atoms with E-state index in [2.05, 4.69) is 43.5 Å². The molecule has 9 heteroatoms. The standard InChI is InChI=1S/C52H99NO8/c1-3-5-7-9-11-13-15-17-19-21-22-23-24-26-27-29-31-33-35-37-39-41-46(55)45(44-60-52-51(59)50(58)49(57)47(43-54)61-52)53-48(56)42-40-38-36-34-32-30-28-25-20-18-16-14-12-10-8-6-4-2/h12,14,18,20,45-47,49-52,54-55,57-59H,3-11,13,15-17,19,21-44H2,1-2H3,(H,53,56)/b14-12-,20-18-. The van der Waals surface area contributed by atoms with Crippen molar-refractivity contribution in [3.8, 4) is 0 Å². The number of amides is 1. The van der Waals surface area contributed by atoms with Crippen molar-refractivity contribution in [2.45, 2.75) is 288 Å². The molecule has 1 heterocycles. The Hall–Kier alpha value is -1.33. The number of aliphatic hydroxyl groups excluding tert-OH is 5. The Balaban J connectivity index is 2.26. The monoisotopic (exact) mass is 866 g/mol. The Morgan fingerprint density at radius 2 is 0.967 bits per heavy atom. The largest absolute Gasteiger partial charge is 0.394 e. The minimum Gasteiger partial charge on any atom is -0.394 e. The van der Waals surface area contributed by atoms with Crippen LogP contribution in [0.1, 0.15) is 245 Å². The van der Waals surface area contributed by atoms with Gasteiger partial charge in [0.15, 0.2) is 6.29 Å². The number of nitrogens with one attached hydrogen (secondary N) is 1. The van der Waals surface area contributed by atoms with Crippen molar-refractivity contribution >= 4 is 5.91 Å². The van der Waals surface area contributed by atoms with E-state index in [1.807, 2.05) is 0 Å². The first-order chi connectivity index (χ1) is 29.8. The zero-order valence-corrected chi connectivity index (χ0v) is 39.7. The van der Waals surface area contributed by atoms with E-state index in [-0.39, 0.29) is 12.5 Å². The molecular weight excluding hydrogens is 767 g/mol. The number of rotatable bonds is 44. The molecule has 360 valence electrons. The first kappa shape index (κ1) is 57.7. The van der Waals surface area contributed by atoms with Crippen molar-refractivity contribution in [3.63, 3.8) is 0 Å². The predicted octanol–water partition coefficient (Wildman–Crippen LogP) is 11.8. The van der Waals surface area contributed by atoms with Crippen LogP contribution in [0, 0.1) is 0 Å². The van der Waals surface area contributed by atoms with Gasteiger partial charge >= 0.3 is 0 Å². The smallest absolute Gasteiger partial charge is 0.220 e. The lowest BCUT2D eigenvalue weighted by atomic mass is 9.99. The zero-order valence-electron chi connectivity index (χ0n) is 39.7. The Morgan fingerprint density at radius 1 is 0.557 bits per heavy atom. The molecule has 61 heavy (non-hydrogen) atoms. The molecule has 6 N–H and O–H groups in total. The van der Waals surface area contributed by atoms with Crippen molar-refractivity contribution in [3.05, 3.63) is 24.3 Å². The second-order valence-corrected chi connectivity index (χ2v) is 18.3. The zero-order chi connectivity index (χ0) is 44.4. The van der Waals surface area contributed by atoms with Crippen LogP contribution in [0.3, 0.4) is 0 Å². The summed E-state index contributed by atoms with van der Waals surface area (Å²) >= 11 is 0. The first-order valence-corrected chi connectivity index (χ1v) is 26.0. The van der Waals surface area contributed by atoms with Gasteiger partial charge in [0, 0.05) is 6.42 Å². The fraction of sp³-hybridized carbons (Fsp3) is 0.904. The molecule has 0 aromatic heterocycles. The van der Waals surface area contributed by atoms with Crippen LogP contribution in [-0.2, 0) is 14.3 Å². The normalized spacial score (nSPS) is 20.5. The fourth-order valence-electron chi connectivity index (χ4n) is 8.37. The molecule has 0 radical (unpaired) electrons. The van der Waals surface area contributed by atoms with Gasteiger partial charge in [-0.25, -0.2) is 0 Å². The molecule has 1 rings (SSSR count). The molecule has 0 aromatic carbocycles. The van der Waals surface area contributed by atoms with Gasteiger partial charge < -0.3 is 40.3 Å². The molecular formula is C52H99NO8. The van der Waals surface area contributed by atoms with E-state index in [0.717, 1.165) is 51.4 Å². The minimum absolute atomic E-state index is 0.139. The highest BCUT2D eigenvalue weighted by atomic mass is 16.7. The summed E-state index contributed by atoms with van der Waals surface area (Å²) in [7, 11) is 0. The highest BCUT2D eigenvalue weighted by Gasteiger charge is 2.44. The summed E-state index contributed by atoms with van der Waals surface area (Å²) in [6.07, 6.45) is 44.7. The summed E-state index contributed by atoms with van der Waals surface area (Å²) in [6, 6.07) is -0.721. The molecule has 1 amide bonds. The third-order valence-corrected chi connectivity index (χ3v) is 12.6. The van der Waals surface area contributed by atoms with Crippen LogP contribution in [0.25, 0.3) is 0 Å². The third kappa shape index (κ3) is 32.9. The van der Waals surface area contributed by atoms with Gasteiger partial charge in [-0.05, 0) is 44.9 Å². The summed E-state index contributed by atoms with van der Waals surface area (Å²) in [6.45, 7) is 3.83. The Labute approximate surface area is 375 Å². The first-order valence-electron chi connectivity index (χ1n) is 26.0. The molecule has 1 saturated heterocycles. The molecule has 0 saturated carbocycles. The average Bonchev–Trinajstić information content (AvgIpc) is 3.26. The van der Waals surface area contributed by atoms with Crippen LogP contribution in [-0.4, -0.2) is 87.5 Å². The van der Waals surface area contributed by atoms with Crippen LogP contribution in [0.5, 0.6) is 0 Å². The van der Waals surface area contributed by atoms with E-state index >= 15 is 0 Å². The van der Waals surface area contributed by atoms with E-state index < -0.39 is 49.5 Å². The van der Waals surface area contributed by atoms with Gasteiger partial charge in [0.05, 0.1) is 25.4 Å². The molecule has 7 unspecified atom stereocenters. The second-order valence-electron chi connectivity index (χ2n) is 18.3. The van der Waals surface area contributed by atoms with Gasteiger partial charge in [-0.2, -0.15) is 0 Å². The number of hydrogen-bond acceptors (Lipinski definition) is 8. The van der Waals surface area contributed by atoms with Crippen molar-refractivity contribution < 1.29 is 39.8 Å². The number of carbonyl (C=O) groups excluding carboxylic acids is 1.